The van der Waals surface area contributed by atoms with Gasteiger partial charge in [-0.1, -0.05) is 51.1 Å². The van der Waals surface area contributed by atoms with Crippen LogP contribution in [0.5, 0.6) is 5.75 Å². The number of amides is 3. The van der Waals surface area contributed by atoms with Crippen molar-refractivity contribution in [3.63, 3.8) is 0 Å². The molecule has 4 atom stereocenters. The number of nitrogens with zero attached hydrogens (tertiary/aromatic N) is 2. The first-order chi connectivity index (χ1) is 19.6. The summed E-state index contributed by atoms with van der Waals surface area (Å²) in [7, 11) is 0. The Morgan fingerprint density at radius 3 is 2.29 bits per heavy atom. The summed E-state index contributed by atoms with van der Waals surface area (Å²) in [5.74, 6) is -2.39. The van der Waals surface area contributed by atoms with Crippen LogP contribution in [0.15, 0.2) is 48.5 Å². The lowest BCUT2D eigenvalue weighted by molar-refractivity contribution is -0.138. The average Bonchev–Trinajstić information content (AvgIpc) is 3.48. The Kier molecular flexibility index (Phi) is 8.98. The Balaban J connectivity index is 1.56. The van der Waals surface area contributed by atoms with Crippen LogP contribution in [0.4, 0.5) is 18.4 Å². The number of nitrogens with one attached hydrogen (secondary N) is 1. The summed E-state index contributed by atoms with van der Waals surface area (Å²) in [4.78, 5) is 43.2. The van der Waals surface area contributed by atoms with Gasteiger partial charge in [0, 0.05) is 12.6 Å². The lowest BCUT2D eigenvalue weighted by Gasteiger charge is -2.36. The normalized spacial score (nSPS) is 21.0. The van der Waals surface area contributed by atoms with E-state index in [1.54, 1.807) is 25.7 Å². The van der Waals surface area contributed by atoms with E-state index in [1.807, 2.05) is 51.1 Å². The molecule has 0 radical (unpaired) electrons. The lowest BCUT2D eigenvalue weighted by Crippen LogP contribution is -2.58. The highest BCUT2D eigenvalue weighted by molar-refractivity contribution is 5.87. The van der Waals surface area contributed by atoms with E-state index in [4.69, 9.17) is 14.2 Å². The quantitative estimate of drug-likeness (QED) is 0.495. The van der Waals surface area contributed by atoms with Crippen LogP contribution in [0.25, 0.3) is 0 Å². The highest BCUT2D eigenvalue weighted by atomic mass is 19.2. The molecular weight excluding hydrogens is 548 g/mol. The third-order valence-electron chi connectivity index (χ3n) is 7.26. The second-order valence-electron chi connectivity index (χ2n) is 12.7. The molecule has 0 spiro atoms. The maximum atomic E-state index is 14.1. The Morgan fingerprint density at radius 1 is 0.976 bits per heavy atom. The fraction of sp³-hybridized carbons (Fsp3) is 0.516. The van der Waals surface area contributed by atoms with Crippen LogP contribution in [0.3, 0.4) is 0 Å². The van der Waals surface area contributed by atoms with Crippen molar-refractivity contribution in [3.8, 4) is 5.75 Å². The van der Waals surface area contributed by atoms with Gasteiger partial charge >= 0.3 is 12.2 Å². The molecule has 0 aliphatic carbocycles. The minimum atomic E-state index is -1.07. The molecule has 2 heterocycles. The van der Waals surface area contributed by atoms with Crippen molar-refractivity contribution in [2.75, 3.05) is 13.1 Å². The number of alkyl carbamates (subject to hydrolysis) is 1. The summed E-state index contributed by atoms with van der Waals surface area (Å²) >= 11 is 0. The monoisotopic (exact) mass is 587 g/mol. The molecule has 9 nitrogen and oxygen atoms in total. The van der Waals surface area contributed by atoms with Crippen LogP contribution in [0, 0.1) is 17.0 Å². The second-order valence-corrected chi connectivity index (χ2v) is 12.7. The Bertz CT molecular complexity index is 1290. The van der Waals surface area contributed by atoms with Gasteiger partial charge in [-0.25, -0.2) is 18.4 Å². The molecule has 1 N–H and O–H groups in total. The smallest absolute Gasteiger partial charge is 0.410 e. The number of carbonyl (C=O) groups excluding carboxylic acids is 3. The van der Waals surface area contributed by atoms with E-state index in [-0.39, 0.29) is 24.8 Å². The number of ether oxygens (including phenoxy) is 3. The summed E-state index contributed by atoms with van der Waals surface area (Å²) in [5.41, 5.74) is -0.638. The molecule has 0 saturated carbocycles. The van der Waals surface area contributed by atoms with Gasteiger partial charge in [0.25, 0.3) is 0 Å². The standard InChI is InChI=1S/C31H39F2N3O6/c1-30(2,3)26(34-28(38)40-18-19-10-8-7-9-11-19)27(37)35-15-14-23-25(35)24(17-36(23)29(39)42-31(4,5)6)41-20-12-13-21(32)22(33)16-20/h7-13,16,23-26H,14-15,17-18H2,1-6H3,(H,34,38). The molecule has 2 aromatic carbocycles. The molecule has 2 aromatic rings. The number of benzene rings is 2. The summed E-state index contributed by atoms with van der Waals surface area (Å²) in [6.07, 6.45) is -1.61. The van der Waals surface area contributed by atoms with E-state index in [0.29, 0.717) is 13.0 Å². The molecule has 3 amide bonds. The first kappa shape index (κ1) is 31.1. The molecule has 2 aliphatic rings. The van der Waals surface area contributed by atoms with Gasteiger partial charge in [0.05, 0.1) is 18.6 Å². The molecule has 2 aliphatic heterocycles. The predicted octanol–water partition coefficient (Wildman–Crippen LogP) is 5.27. The summed E-state index contributed by atoms with van der Waals surface area (Å²) < 4.78 is 44.7. The van der Waals surface area contributed by atoms with Crippen LogP contribution < -0.4 is 10.1 Å². The third-order valence-corrected chi connectivity index (χ3v) is 7.26. The number of halogens is 2. The Morgan fingerprint density at radius 2 is 1.67 bits per heavy atom. The van der Waals surface area contributed by atoms with E-state index < -0.39 is 59.1 Å². The van der Waals surface area contributed by atoms with Crippen molar-refractivity contribution in [2.45, 2.75) is 84.4 Å². The predicted molar refractivity (Wildman–Crippen MR) is 151 cm³/mol. The summed E-state index contributed by atoms with van der Waals surface area (Å²) in [5, 5.41) is 2.74. The van der Waals surface area contributed by atoms with Crippen LogP contribution in [-0.2, 0) is 20.9 Å². The highest BCUT2D eigenvalue weighted by Gasteiger charge is 2.55. The van der Waals surface area contributed by atoms with Crippen molar-refractivity contribution >= 4 is 18.1 Å². The lowest BCUT2D eigenvalue weighted by atomic mass is 9.85. The highest BCUT2D eigenvalue weighted by Crippen LogP contribution is 2.37. The van der Waals surface area contributed by atoms with Crippen molar-refractivity contribution < 1.29 is 37.4 Å². The topological polar surface area (TPSA) is 97.4 Å². The van der Waals surface area contributed by atoms with Crippen molar-refractivity contribution in [1.82, 2.24) is 15.1 Å². The molecule has 11 heteroatoms. The molecule has 4 rings (SSSR count). The number of hydrogen-bond acceptors (Lipinski definition) is 6. The zero-order valence-corrected chi connectivity index (χ0v) is 24.9. The van der Waals surface area contributed by atoms with Crippen molar-refractivity contribution in [2.24, 2.45) is 5.41 Å². The van der Waals surface area contributed by atoms with Gasteiger partial charge in [0.15, 0.2) is 11.6 Å². The number of carbonyl (C=O) groups is 3. The average molecular weight is 588 g/mol. The van der Waals surface area contributed by atoms with Gasteiger partial charge in [0.1, 0.15) is 30.1 Å². The number of likely N-dealkylation sites (tertiary alicyclic amines) is 2. The minimum Gasteiger partial charge on any atom is -0.486 e. The fourth-order valence-electron chi connectivity index (χ4n) is 5.34. The number of fused-ring (bicyclic) bond motifs is 1. The SMILES string of the molecule is CC(C)(C)OC(=O)N1CC(Oc2ccc(F)c(F)c2)C2C1CCN2C(=O)C(NC(=O)OCc1ccccc1)C(C)(C)C. The van der Waals surface area contributed by atoms with Crippen molar-refractivity contribution in [1.29, 1.82) is 0 Å². The maximum Gasteiger partial charge on any atom is 0.410 e. The van der Waals surface area contributed by atoms with Gasteiger partial charge in [-0.05, 0) is 50.3 Å². The minimum absolute atomic E-state index is 0.0428. The van der Waals surface area contributed by atoms with Crippen LogP contribution in [0.2, 0.25) is 0 Å². The van der Waals surface area contributed by atoms with E-state index in [1.165, 1.54) is 11.0 Å². The van der Waals surface area contributed by atoms with Crippen LogP contribution in [0.1, 0.15) is 53.5 Å². The molecule has 0 aromatic heterocycles. The first-order valence-electron chi connectivity index (χ1n) is 14.0. The first-order valence-corrected chi connectivity index (χ1v) is 14.0. The maximum absolute atomic E-state index is 14.1. The Labute approximate surface area is 245 Å². The largest absolute Gasteiger partial charge is 0.486 e. The third kappa shape index (κ3) is 7.30. The molecule has 2 fully saturated rings. The molecule has 228 valence electrons. The molecular formula is C31H39F2N3O6. The van der Waals surface area contributed by atoms with Gasteiger partial charge < -0.3 is 24.4 Å². The molecule has 2 saturated heterocycles. The number of hydrogen-bond donors (Lipinski definition) is 1. The van der Waals surface area contributed by atoms with Gasteiger partial charge in [-0.2, -0.15) is 0 Å². The van der Waals surface area contributed by atoms with E-state index in [9.17, 15) is 23.2 Å². The van der Waals surface area contributed by atoms with Crippen LogP contribution in [-0.4, -0.2) is 70.8 Å². The van der Waals surface area contributed by atoms with Gasteiger partial charge in [-0.3, -0.25) is 9.69 Å². The van der Waals surface area contributed by atoms with E-state index in [0.717, 1.165) is 17.7 Å². The van der Waals surface area contributed by atoms with E-state index >= 15 is 0 Å². The fourth-order valence-corrected chi connectivity index (χ4v) is 5.34. The van der Waals surface area contributed by atoms with Gasteiger partial charge in [-0.15, -0.1) is 0 Å². The van der Waals surface area contributed by atoms with Crippen LogP contribution >= 0.6 is 0 Å². The summed E-state index contributed by atoms with van der Waals surface area (Å²) in [6, 6.07) is 10.4. The molecule has 4 unspecified atom stereocenters. The zero-order chi connectivity index (χ0) is 30.8. The van der Waals surface area contributed by atoms with Crippen molar-refractivity contribution in [3.05, 3.63) is 65.7 Å². The zero-order valence-electron chi connectivity index (χ0n) is 24.9. The van der Waals surface area contributed by atoms with E-state index in [2.05, 4.69) is 5.32 Å². The molecule has 0 bridgehead atoms. The summed E-state index contributed by atoms with van der Waals surface area (Å²) in [6.45, 7) is 11.2. The molecule has 42 heavy (non-hydrogen) atoms. The number of rotatable bonds is 6. The van der Waals surface area contributed by atoms with Gasteiger partial charge in [0.2, 0.25) is 5.91 Å². The second kappa shape index (κ2) is 12.1. The Hall–Kier alpha value is -3.89.